The molecule has 0 aliphatic heterocycles. The molecule has 1 aromatic rings. The van der Waals surface area contributed by atoms with E-state index >= 15 is 0 Å². The largest absolute Gasteiger partial charge is 0.399 e. The molecule has 3 nitrogen and oxygen atoms in total. The fraction of sp³-hybridized carbons (Fsp3) is 0.571. The molecule has 1 aliphatic carbocycles. The lowest BCUT2D eigenvalue weighted by atomic mass is 9.91. The standard InChI is InChI=1S/C14H22N2O/c1-10-7-8-11(15)9-13(10)16(2)12-5-3-4-6-14(12)17/h7-9,12,14,17H,3-6,15H2,1-2H3. The lowest BCUT2D eigenvalue weighted by Gasteiger charge is -2.37. The van der Waals surface area contributed by atoms with Crippen LogP contribution in [-0.2, 0) is 0 Å². The number of aliphatic hydroxyl groups is 1. The number of nitrogens with zero attached hydrogens (tertiary/aromatic N) is 1. The molecule has 1 aromatic carbocycles. The number of benzene rings is 1. The Morgan fingerprint density at radius 3 is 2.71 bits per heavy atom. The Morgan fingerprint density at radius 1 is 1.29 bits per heavy atom. The monoisotopic (exact) mass is 234 g/mol. The van der Waals surface area contributed by atoms with Crippen LogP contribution in [0.5, 0.6) is 0 Å². The maximum absolute atomic E-state index is 10.1. The number of nitrogen functional groups attached to an aromatic ring is 1. The van der Waals surface area contributed by atoms with Gasteiger partial charge in [-0.15, -0.1) is 0 Å². The summed E-state index contributed by atoms with van der Waals surface area (Å²) in [5.41, 5.74) is 8.96. The van der Waals surface area contributed by atoms with E-state index < -0.39 is 0 Å². The van der Waals surface area contributed by atoms with Gasteiger partial charge in [0, 0.05) is 18.4 Å². The fourth-order valence-corrected chi connectivity index (χ4v) is 2.73. The molecule has 2 unspecified atom stereocenters. The summed E-state index contributed by atoms with van der Waals surface area (Å²) in [4.78, 5) is 2.19. The van der Waals surface area contributed by atoms with E-state index in [2.05, 4.69) is 18.9 Å². The average molecular weight is 234 g/mol. The molecule has 1 fully saturated rings. The summed E-state index contributed by atoms with van der Waals surface area (Å²) in [6.45, 7) is 2.08. The average Bonchev–Trinajstić information content (AvgIpc) is 2.32. The molecule has 2 atom stereocenters. The van der Waals surface area contributed by atoms with Gasteiger partial charge in [-0.3, -0.25) is 0 Å². The Hall–Kier alpha value is -1.22. The molecule has 17 heavy (non-hydrogen) atoms. The number of nitrogens with two attached hydrogens (primary N) is 1. The summed E-state index contributed by atoms with van der Waals surface area (Å²) in [5, 5.41) is 10.1. The summed E-state index contributed by atoms with van der Waals surface area (Å²) < 4.78 is 0. The minimum Gasteiger partial charge on any atom is -0.399 e. The quantitative estimate of drug-likeness (QED) is 0.772. The van der Waals surface area contributed by atoms with Crippen LogP contribution in [0, 0.1) is 6.92 Å². The van der Waals surface area contributed by atoms with Gasteiger partial charge in [0.25, 0.3) is 0 Å². The topological polar surface area (TPSA) is 49.5 Å². The van der Waals surface area contributed by atoms with Gasteiger partial charge in [-0.25, -0.2) is 0 Å². The van der Waals surface area contributed by atoms with Gasteiger partial charge in [-0.1, -0.05) is 18.9 Å². The molecule has 1 saturated carbocycles. The van der Waals surface area contributed by atoms with E-state index in [1.165, 1.54) is 12.0 Å². The highest BCUT2D eigenvalue weighted by molar-refractivity contribution is 5.61. The zero-order valence-corrected chi connectivity index (χ0v) is 10.7. The summed E-state index contributed by atoms with van der Waals surface area (Å²) in [7, 11) is 2.06. The van der Waals surface area contributed by atoms with Crippen LogP contribution in [0.15, 0.2) is 18.2 Å². The molecule has 3 N–H and O–H groups in total. The third kappa shape index (κ3) is 2.55. The predicted molar refractivity (Wildman–Crippen MR) is 72.3 cm³/mol. The molecule has 0 bridgehead atoms. The fourth-order valence-electron chi connectivity index (χ4n) is 2.73. The van der Waals surface area contributed by atoms with Crippen molar-refractivity contribution in [3.63, 3.8) is 0 Å². The Bertz CT molecular complexity index is 392. The lowest BCUT2D eigenvalue weighted by Crippen LogP contribution is -2.43. The Balaban J connectivity index is 2.23. The van der Waals surface area contributed by atoms with E-state index in [1.807, 2.05) is 18.2 Å². The minimum atomic E-state index is -0.213. The van der Waals surface area contributed by atoms with Gasteiger partial charge in [0.1, 0.15) is 0 Å². The van der Waals surface area contributed by atoms with E-state index in [0.29, 0.717) is 0 Å². The molecule has 0 radical (unpaired) electrons. The van der Waals surface area contributed by atoms with Crippen LogP contribution in [0.2, 0.25) is 0 Å². The van der Waals surface area contributed by atoms with E-state index in [1.54, 1.807) is 0 Å². The van der Waals surface area contributed by atoms with Crippen LogP contribution in [0.3, 0.4) is 0 Å². The van der Waals surface area contributed by atoms with Crippen LogP contribution < -0.4 is 10.6 Å². The molecule has 0 spiro atoms. The van der Waals surface area contributed by atoms with E-state index in [9.17, 15) is 5.11 Å². The molecule has 0 saturated heterocycles. The van der Waals surface area contributed by atoms with E-state index in [-0.39, 0.29) is 12.1 Å². The van der Waals surface area contributed by atoms with Crippen LogP contribution in [0.25, 0.3) is 0 Å². The van der Waals surface area contributed by atoms with Gasteiger partial charge in [0.05, 0.1) is 12.1 Å². The van der Waals surface area contributed by atoms with Crippen LogP contribution in [-0.4, -0.2) is 24.3 Å². The second-order valence-corrected chi connectivity index (χ2v) is 5.08. The highest BCUT2D eigenvalue weighted by Gasteiger charge is 2.27. The number of hydrogen-bond acceptors (Lipinski definition) is 3. The number of anilines is 2. The summed E-state index contributed by atoms with van der Waals surface area (Å²) in [6.07, 6.45) is 4.10. The first-order valence-electron chi connectivity index (χ1n) is 6.36. The Kier molecular flexibility index (Phi) is 3.57. The number of likely N-dealkylation sites (N-methyl/N-ethyl adjacent to an activating group) is 1. The molecule has 2 rings (SSSR count). The molecule has 0 heterocycles. The van der Waals surface area contributed by atoms with Crippen molar-refractivity contribution in [3.8, 4) is 0 Å². The van der Waals surface area contributed by atoms with E-state index in [0.717, 1.165) is 30.6 Å². The molecule has 94 valence electrons. The van der Waals surface area contributed by atoms with E-state index in [4.69, 9.17) is 5.73 Å². The van der Waals surface area contributed by atoms with Gasteiger partial charge < -0.3 is 15.7 Å². The number of aliphatic hydroxyl groups excluding tert-OH is 1. The van der Waals surface area contributed by atoms with Crippen molar-refractivity contribution in [1.29, 1.82) is 0 Å². The second kappa shape index (κ2) is 4.96. The third-order valence-corrected chi connectivity index (χ3v) is 3.80. The van der Waals surface area contributed by atoms with Gasteiger partial charge in [0.2, 0.25) is 0 Å². The first-order chi connectivity index (χ1) is 8.09. The zero-order valence-electron chi connectivity index (χ0n) is 10.7. The van der Waals surface area contributed by atoms with Crippen molar-refractivity contribution in [1.82, 2.24) is 0 Å². The molecule has 3 heteroatoms. The molecule has 0 amide bonds. The number of rotatable bonds is 2. The second-order valence-electron chi connectivity index (χ2n) is 5.08. The highest BCUT2D eigenvalue weighted by atomic mass is 16.3. The van der Waals surface area contributed by atoms with Gasteiger partial charge in [-0.2, -0.15) is 0 Å². The van der Waals surface area contributed by atoms with Crippen molar-refractivity contribution < 1.29 is 5.11 Å². The van der Waals surface area contributed by atoms with Gasteiger partial charge in [0.15, 0.2) is 0 Å². The smallest absolute Gasteiger partial charge is 0.0743 e. The predicted octanol–water partition coefficient (Wildman–Crippen LogP) is 2.32. The molecular weight excluding hydrogens is 212 g/mol. The SMILES string of the molecule is Cc1ccc(N)cc1N(C)C1CCCCC1O. The normalized spacial score (nSPS) is 24.6. The highest BCUT2D eigenvalue weighted by Crippen LogP contribution is 2.29. The minimum absolute atomic E-state index is 0.213. The first kappa shape index (κ1) is 12.2. The van der Waals surface area contributed by atoms with Crippen LogP contribution in [0.4, 0.5) is 11.4 Å². The van der Waals surface area contributed by atoms with Crippen LogP contribution in [0.1, 0.15) is 31.2 Å². The van der Waals surface area contributed by atoms with Crippen molar-refractivity contribution in [2.24, 2.45) is 0 Å². The molecule has 0 aromatic heterocycles. The number of hydrogen-bond donors (Lipinski definition) is 2. The molecule has 1 aliphatic rings. The maximum atomic E-state index is 10.1. The summed E-state index contributed by atoms with van der Waals surface area (Å²) >= 11 is 0. The van der Waals surface area contributed by atoms with Crippen molar-refractivity contribution in [3.05, 3.63) is 23.8 Å². The van der Waals surface area contributed by atoms with Gasteiger partial charge >= 0.3 is 0 Å². The Labute approximate surface area is 103 Å². The summed E-state index contributed by atoms with van der Waals surface area (Å²) in [6, 6.07) is 6.18. The van der Waals surface area contributed by atoms with Crippen molar-refractivity contribution in [2.45, 2.75) is 44.8 Å². The molecular formula is C14H22N2O. The maximum Gasteiger partial charge on any atom is 0.0743 e. The lowest BCUT2D eigenvalue weighted by molar-refractivity contribution is 0.106. The summed E-state index contributed by atoms with van der Waals surface area (Å²) in [5.74, 6) is 0. The van der Waals surface area contributed by atoms with Crippen molar-refractivity contribution >= 4 is 11.4 Å². The first-order valence-corrected chi connectivity index (χ1v) is 6.36. The van der Waals surface area contributed by atoms with Crippen LogP contribution >= 0.6 is 0 Å². The Morgan fingerprint density at radius 2 is 2.00 bits per heavy atom. The number of aryl methyl sites for hydroxylation is 1. The zero-order chi connectivity index (χ0) is 12.4. The van der Waals surface area contributed by atoms with Crippen molar-refractivity contribution in [2.75, 3.05) is 17.7 Å². The van der Waals surface area contributed by atoms with Gasteiger partial charge in [-0.05, 0) is 37.5 Å². The third-order valence-electron chi connectivity index (χ3n) is 3.80.